The highest BCUT2D eigenvalue weighted by Crippen LogP contribution is 2.38. The first-order valence-electron chi connectivity index (χ1n) is 6.62. The third-order valence-corrected chi connectivity index (χ3v) is 3.88. The predicted molar refractivity (Wildman–Crippen MR) is 82.4 cm³/mol. The quantitative estimate of drug-likeness (QED) is 0.558. The second-order valence-electron chi connectivity index (χ2n) is 5.00. The summed E-state index contributed by atoms with van der Waals surface area (Å²) in [6.45, 7) is 2.08. The maximum absolute atomic E-state index is 5.65. The fraction of sp³-hybridized carbons (Fsp3) is 0.118. The van der Waals surface area contributed by atoms with E-state index in [9.17, 15) is 0 Å². The molecule has 3 heteroatoms. The molecule has 0 spiro atoms. The van der Waals surface area contributed by atoms with E-state index in [0.717, 1.165) is 33.2 Å². The van der Waals surface area contributed by atoms with Gasteiger partial charge >= 0.3 is 0 Å². The summed E-state index contributed by atoms with van der Waals surface area (Å²) in [6, 6.07) is 12.5. The molecule has 2 aromatic heterocycles. The standard InChI is InChI=1S/C17H14N2O/c1-10-13-9-14-11-5-3-4-6-15(11)19-16(14)17(20-2)12(13)7-8-18-10/h3-9,18H,1-2H3. The first kappa shape index (κ1) is 11.3. The molecule has 0 atom stereocenters. The third kappa shape index (κ3) is 1.37. The van der Waals surface area contributed by atoms with Crippen molar-refractivity contribution in [3.63, 3.8) is 0 Å². The molecule has 0 amide bonds. The third-order valence-electron chi connectivity index (χ3n) is 3.88. The lowest BCUT2D eigenvalue weighted by Gasteiger charge is -2.09. The SMILES string of the molecule is COc1c2cc[nH]c(C)c2cc2c1nc1ccccc12. The minimum Gasteiger partial charge on any atom is -0.494 e. The number of nitrogens with one attached hydrogen (secondary N) is 1. The molecule has 0 aliphatic heterocycles. The first-order chi connectivity index (χ1) is 9.79. The summed E-state index contributed by atoms with van der Waals surface area (Å²) in [7, 11) is 1.71. The number of hydrogen-bond acceptors (Lipinski definition) is 2. The minimum absolute atomic E-state index is 0.853. The molecule has 0 saturated carbocycles. The maximum atomic E-state index is 5.65. The Labute approximate surface area is 116 Å². The van der Waals surface area contributed by atoms with Crippen LogP contribution in [0.1, 0.15) is 5.69 Å². The second kappa shape index (κ2) is 3.97. The van der Waals surface area contributed by atoms with E-state index in [1.807, 2.05) is 30.5 Å². The van der Waals surface area contributed by atoms with Gasteiger partial charge in [-0.3, -0.25) is 0 Å². The van der Waals surface area contributed by atoms with Crippen molar-refractivity contribution in [1.29, 1.82) is 0 Å². The molecule has 2 heterocycles. The van der Waals surface area contributed by atoms with Gasteiger partial charge in [0.2, 0.25) is 0 Å². The number of hydrogen-bond donors (Lipinski definition) is 1. The average molecular weight is 262 g/mol. The van der Waals surface area contributed by atoms with E-state index in [1.54, 1.807) is 7.11 Å². The highest BCUT2D eigenvalue weighted by Gasteiger charge is 2.14. The Bertz CT molecular complexity index is 953. The molecule has 1 N–H and O–H groups in total. The Morgan fingerprint density at radius 1 is 1.00 bits per heavy atom. The van der Waals surface area contributed by atoms with Crippen LogP contribution in [0.2, 0.25) is 0 Å². The van der Waals surface area contributed by atoms with Crippen LogP contribution < -0.4 is 4.74 Å². The normalized spacial score (nSPS) is 11.5. The van der Waals surface area contributed by atoms with Gasteiger partial charge in [-0.05, 0) is 25.1 Å². The molecule has 0 aliphatic rings. The molecule has 0 saturated heterocycles. The summed E-state index contributed by atoms with van der Waals surface area (Å²) < 4.78 is 5.65. The molecule has 0 unspecified atom stereocenters. The minimum atomic E-state index is 0.853. The summed E-state index contributed by atoms with van der Waals surface area (Å²) in [6.07, 6.45) is 1.94. The zero-order chi connectivity index (χ0) is 13.7. The Morgan fingerprint density at radius 3 is 2.70 bits per heavy atom. The van der Waals surface area contributed by atoms with Crippen LogP contribution in [0.3, 0.4) is 0 Å². The topological polar surface area (TPSA) is 37.9 Å². The molecular weight excluding hydrogens is 248 g/mol. The zero-order valence-corrected chi connectivity index (χ0v) is 11.4. The number of pyridine rings is 1. The molecule has 3 nitrogen and oxygen atoms in total. The van der Waals surface area contributed by atoms with Gasteiger partial charge < -0.3 is 9.72 Å². The number of rotatable bonds is 1. The number of ether oxygens (including phenoxy) is 1. The van der Waals surface area contributed by atoms with Gasteiger partial charge in [0.05, 0.1) is 12.6 Å². The zero-order valence-electron chi connectivity index (χ0n) is 11.4. The van der Waals surface area contributed by atoms with Gasteiger partial charge in [-0.2, -0.15) is 0 Å². The number of aryl methyl sites for hydroxylation is 1. The molecule has 0 fully saturated rings. The van der Waals surface area contributed by atoms with E-state index in [-0.39, 0.29) is 0 Å². The molecule has 0 aliphatic carbocycles. The summed E-state index contributed by atoms with van der Waals surface area (Å²) >= 11 is 0. The van der Waals surface area contributed by atoms with Crippen LogP contribution >= 0.6 is 0 Å². The molecule has 4 rings (SSSR count). The van der Waals surface area contributed by atoms with E-state index in [2.05, 4.69) is 24.0 Å². The maximum Gasteiger partial charge on any atom is 0.153 e. The van der Waals surface area contributed by atoms with Crippen LogP contribution in [0.5, 0.6) is 5.75 Å². The van der Waals surface area contributed by atoms with Crippen LogP contribution in [0.4, 0.5) is 0 Å². The van der Waals surface area contributed by atoms with E-state index >= 15 is 0 Å². The van der Waals surface area contributed by atoms with Crippen LogP contribution in [0, 0.1) is 6.92 Å². The van der Waals surface area contributed by atoms with Gasteiger partial charge in [0.25, 0.3) is 0 Å². The second-order valence-corrected chi connectivity index (χ2v) is 5.00. The van der Waals surface area contributed by atoms with Crippen molar-refractivity contribution < 1.29 is 4.74 Å². The first-order valence-corrected chi connectivity index (χ1v) is 6.62. The molecule has 0 bridgehead atoms. The fourth-order valence-corrected chi connectivity index (χ4v) is 2.91. The van der Waals surface area contributed by atoms with Crippen molar-refractivity contribution in [3.8, 4) is 5.75 Å². The number of nitrogens with zero attached hydrogens (tertiary/aromatic N) is 1. The summed E-state index contributed by atoms with van der Waals surface area (Å²) in [5, 5.41) is 4.59. The van der Waals surface area contributed by atoms with E-state index < -0.39 is 0 Å². The lowest BCUT2D eigenvalue weighted by Crippen LogP contribution is -1.90. The number of benzene rings is 2. The number of aromatic amines is 1. The Morgan fingerprint density at radius 2 is 1.85 bits per heavy atom. The predicted octanol–water partition coefficient (Wildman–Crippen LogP) is 4.19. The van der Waals surface area contributed by atoms with Gasteiger partial charge in [-0.25, -0.2) is 4.98 Å². The van der Waals surface area contributed by atoms with Gasteiger partial charge in [0, 0.05) is 33.4 Å². The van der Waals surface area contributed by atoms with Crippen molar-refractivity contribution in [1.82, 2.24) is 9.97 Å². The smallest absolute Gasteiger partial charge is 0.153 e. The molecule has 4 aromatic rings. The van der Waals surface area contributed by atoms with Crippen molar-refractivity contribution in [2.45, 2.75) is 6.92 Å². The van der Waals surface area contributed by atoms with Crippen LogP contribution in [0.15, 0.2) is 42.6 Å². The number of para-hydroxylation sites is 1. The molecule has 20 heavy (non-hydrogen) atoms. The lowest BCUT2D eigenvalue weighted by molar-refractivity contribution is 0.424. The Kier molecular flexibility index (Phi) is 2.24. The molecule has 98 valence electrons. The molecule has 2 aromatic carbocycles. The van der Waals surface area contributed by atoms with E-state index in [4.69, 9.17) is 9.72 Å². The van der Waals surface area contributed by atoms with Crippen molar-refractivity contribution in [2.24, 2.45) is 0 Å². The van der Waals surface area contributed by atoms with Crippen LogP contribution in [-0.2, 0) is 0 Å². The summed E-state index contributed by atoms with van der Waals surface area (Å²) in [4.78, 5) is 7.99. The monoisotopic (exact) mass is 262 g/mol. The Balaban J connectivity index is 2.32. The van der Waals surface area contributed by atoms with Crippen molar-refractivity contribution in [2.75, 3.05) is 7.11 Å². The van der Waals surface area contributed by atoms with Crippen molar-refractivity contribution >= 4 is 32.6 Å². The number of fused-ring (bicyclic) bond motifs is 4. The van der Waals surface area contributed by atoms with Gasteiger partial charge in [-0.1, -0.05) is 18.2 Å². The van der Waals surface area contributed by atoms with Crippen LogP contribution in [-0.4, -0.2) is 17.1 Å². The number of aromatic nitrogens is 2. The average Bonchev–Trinajstić information content (AvgIpc) is 2.84. The van der Waals surface area contributed by atoms with Crippen molar-refractivity contribution in [3.05, 3.63) is 48.3 Å². The number of methoxy groups -OCH3 is 1. The summed E-state index contributed by atoms with van der Waals surface area (Å²) in [5.74, 6) is 0.853. The molecule has 0 radical (unpaired) electrons. The molecular formula is C17H14N2O. The van der Waals surface area contributed by atoms with Gasteiger partial charge in [0.15, 0.2) is 5.75 Å². The highest BCUT2D eigenvalue weighted by atomic mass is 16.5. The Hall–Kier alpha value is -2.55. The number of H-pyrrole nitrogens is 1. The summed E-state index contributed by atoms with van der Waals surface area (Å²) in [5.41, 5.74) is 3.08. The van der Waals surface area contributed by atoms with Gasteiger partial charge in [0.1, 0.15) is 5.52 Å². The van der Waals surface area contributed by atoms with E-state index in [0.29, 0.717) is 0 Å². The van der Waals surface area contributed by atoms with Gasteiger partial charge in [-0.15, -0.1) is 0 Å². The largest absolute Gasteiger partial charge is 0.494 e. The lowest BCUT2D eigenvalue weighted by atomic mass is 10.0. The highest BCUT2D eigenvalue weighted by molar-refractivity contribution is 6.15. The fourth-order valence-electron chi connectivity index (χ4n) is 2.91. The van der Waals surface area contributed by atoms with E-state index in [1.165, 1.54) is 10.8 Å². The van der Waals surface area contributed by atoms with Crippen LogP contribution in [0.25, 0.3) is 32.6 Å².